The van der Waals surface area contributed by atoms with Gasteiger partial charge in [-0.1, -0.05) is 0 Å². The van der Waals surface area contributed by atoms with E-state index in [4.69, 9.17) is 0 Å². The molecule has 0 N–H and O–H groups in total. The third kappa shape index (κ3) is 1.66. The summed E-state index contributed by atoms with van der Waals surface area (Å²) < 4.78 is 59.2. The van der Waals surface area contributed by atoms with E-state index >= 15 is 0 Å². The van der Waals surface area contributed by atoms with Crippen LogP contribution in [0.5, 0.6) is 0 Å². The van der Waals surface area contributed by atoms with Crippen LogP contribution in [-0.2, 0) is 6.18 Å². The van der Waals surface area contributed by atoms with E-state index in [0.29, 0.717) is 0 Å². The Balaban J connectivity index is 3.14. The SMILES string of the molecule is Fc1cnc(C(F)(F)F)nc1F. The van der Waals surface area contributed by atoms with Gasteiger partial charge < -0.3 is 0 Å². The van der Waals surface area contributed by atoms with Crippen LogP contribution in [0.15, 0.2) is 6.20 Å². The van der Waals surface area contributed by atoms with E-state index in [-0.39, 0.29) is 6.20 Å². The van der Waals surface area contributed by atoms with Crippen LogP contribution in [0.25, 0.3) is 0 Å². The van der Waals surface area contributed by atoms with Crippen LogP contribution in [0.4, 0.5) is 22.0 Å². The van der Waals surface area contributed by atoms with Crippen LogP contribution in [-0.4, -0.2) is 9.97 Å². The zero-order valence-corrected chi connectivity index (χ0v) is 5.36. The summed E-state index contributed by atoms with van der Waals surface area (Å²) in [5.74, 6) is -5.01. The van der Waals surface area contributed by atoms with Crippen LogP contribution in [0.2, 0.25) is 0 Å². The molecule has 7 heteroatoms. The molecule has 0 spiro atoms. The molecule has 2 nitrogen and oxygen atoms in total. The summed E-state index contributed by atoms with van der Waals surface area (Å²) >= 11 is 0. The number of halogens is 5. The quantitative estimate of drug-likeness (QED) is 0.453. The van der Waals surface area contributed by atoms with Gasteiger partial charge in [-0.25, -0.2) is 9.37 Å². The van der Waals surface area contributed by atoms with Crippen molar-refractivity contribution >= 4 is 0 Å². The van der Waals surface area contributed by atoms with Crippen LogP contribution in [0.3, 0.4) is 0 Å². The lowest BCUT2D eigenvalue weighted by Gasteiger charge is -2.02. The van der Waals surface area contributed by atoms with E-state index < -0.39 is 23.8 Å². The highest BCUT2D eigenvalue weighted by Gasteiger charge is 2.35. The molecule has 0 unspecified atom stereocenters. The molecule has 0 bridgehead atoms. The molecule has 1 aromatic heterocycles. The van der Waals surface area contributed by atoms with E-state index in [1.807, 2.05) is 0 Å². The molecule has 0 radical (unpaired) electrons. The second kappa shape index (κ2) is 2.65. The molecule has 0 aromatic carbocycles. The van der Waals surface area contributed by atoms with Gasteiger partial charge in [0.1, 0.15) is 0 Å². The predicted molar refractivity (Wildman–Crippen MR) is 26.9 cm³/mol. The van der Waals surface area contributed by atoms with Crippen molar-refractivity contribution in [3.8, 4) is 0 Å². The average molecular weight is 184 g/mol. The average Bonchev–Trinajstić information content (AvgIpc) is 1.92. The first kappa shape index (κ1) is 8.82. The van der Waals surface area contributed by atoms with E-state index in [2.05, 4.69) is 9.97 Å². The standard InChI is InChI=1S/C5HF5N2/c6-2-1-11-4(5(8,9)10)12-3(2)7/h1H. The third-order valence-electron chi connectivity index (χ3n) is 0.955. The first-order valence-electron chi connectivity index (χ1n) is 2.66. The second-order valence-corrected chi connectivity index (χ2v) is 1.83. The van der Waals surface area contributed by atoms with Crippen LogP contribution >= 0.6 is 0 Å². The summed E-state index contributed by atoms with van der Waals surface area (Å²) in [5, 5.41) is 0. The summed E-state index contributed by atoms with van der Waals surface area (Å²) in [5.41, 5.74) is 0. The Morgan fingerprint density at radius 1 is 1.17 bits per heavy atom. The molecular weight excluding hydrogens is 183 g/mol. The summed E-state index contributed by atoms with van der Waals surface area (Å²) in [6, 6.07) is 0. The minimum atomic E-state index is -4.85. The first-order valence-corrected chi connectivity index (χ1v) is 2.66. The fourth-order valence-electron chi connectivity index (χ4n) is 0.483. The Morgan fingerprint density at radius 3 is 2.17 bits per heavy atom. The van der Waals surface area contributed by atoms with Gasteiger partial charge in [-0.15, -0.1) is 0 Å². The Kier molecular flexibility index (Phi) is 1.95. The number of nitrogens with zero attached hydrogens (tertiary/aromatic N) is 2. The Morgan fingerprint density at radius 2 is 1.75 bits per heavy atom. The molecule has 1 aromatic rings. The minimum Gasteiger partial charge on any atom is -0.230 e. The number of hydrogen-bond acceptors (Lipinski definition) is 2. The van der Waals surface area contributed by atoms with E-state index in [0.717, 1.165) is 0 Å². The van der Waals surface area contributed by atoms with Gasteiger partial charge in [0.05, 0.1) is 6.20 Å². The molecule has 0 saturated heterocycles. The van der Waals surface area contributed by atoms with E-state index in [1.54, 1.807) is 0 Å². The van der Waals surface area contributed by atoms with Gasteiger partial charge in [0.2, 0.25) is 5.82 Å². The highest BCUT2D eigenvalue weighted by molar-refractivity contribution is 4.96. The van der Waals surface area contributed by atoms with Crippen molar-refractivity contribution in [1.82, 2.24) is 9.97 Å². The monoisotopic (exact) mass is 184 g/mol. The van der Waals surface area contributed by atoms with Crippen molar-refractivity contribution in [2.45, 2.75) is 6.18 Å². The fourth-order valence-corrected chi connectivity index (χ4v) is 0.483. The largest absolute Gasteiger partial charge is 0.451 e. The van der Waals surface area contributed by atoms with Gasteiger partial charge in [-0.3, -0.25) is 0 Å². The van der Waals surface area contributed by atoms with Crippen molar-refractivity contribution in [1.29, 1.82) is 0 Å². The third-order valence-corrected chi connectivity index (χ3v) is 0.955. The minimum absolute atomic E-state index is 0.130. The second-order valence-electron chi connectivity index (χ2n) is 1.83. The molecule has 0 atom stereocenters. The number of rotatable bonds is 0. The molecule has 1 heterocycles. The van der Waals surface area contributed by atoms with Crippen LogP contribution < -0.4 is 0 Å². The Bertz CT molecular complexity index is 294. The van der Waals surface area contributed by atoms with Gasteiger partial charge in [0, 0.05) is 0 Å². The highest BCUT2D eigenvalue weighted by atomic mass is 19.4. The molecule has 0 saturated carbocycles. The predicted octanol–water partition coefficient (Wildman–Crippen LogP) is 1.77. The van der Waals surface area contributed by atoms with Crippen molar-refractivity contribution in [3.63, 3.8) is 0 Å². The van der Waals surface area contributed by atoms with Gasteiger partial charge in [-0.05, 0) is 0 Å². The Hall–Kier alpha value is -1.27. The molecule has 0 fully saturated rings. The maximum atomic E-state index is 12.1. The molecule has 12 heavy (non-hydrogen) atoms. The number of hydrogen-bond donors (Lipinski definition) is 0. The fraction of sp³-hybridized carbons (Fsp3) is 0.200. The maximum absolute atomic E-state index is 12.1. The van der Waals surface area contributed by atoms with Gasteiger partial charge in [-0.2, -0.15) is 22.5 Å². The zero-order chi connectivity index (χ0) is 9.35. The number of alkyl halides is 3. The van der Waals surface area contributed by atoms with E-state index in [9.17, 15) is 22.0 Å². The normalized spacial score (nSPS) is 11.8. The molecule has 1 rings (SSSR count). The summed E-state index contributed by atoms with van der Waals surface area (Å²) in [6.07, 6.45) is -4.72. The van der Waals surface area contributed by atoms with Gasteiger partial charge >= 0.3 is 6.18 Å². The van der Waals surface area contributed by atoms with Crippen LogP contribution in [0.1, 0.15) is 5.82 Å². The lowest BCUT2D eigenvalue weighted by Crippen LogP contribution is -2.12. The molecule has 66 valence electrons. The van der Waals surface area contributed by atoms with Crippen molar-refractivity contribution < 1.29 is 22.0 Å². The van der Waals surface area contributed by atoms with Gasteiger partial charge in [0.25, 0.3) is 5.95 Å². The molecule has 0 amide bonds. The van der Waals surface area contributed by atoms with Crippen molar-refractivity contribution in [2.75, 3.05) is 0 Å². The highest BCUT2D eigenvalue weighted by Crippen LogP contribution is 2.25. The van der Waals surface area contributed by atoms with Crippen LogP contribution in [0, 0.1) is 11.8 Å². The van der Waals surface area contributed by atoms with Crippen molar-refractivity contribution in [2.24, 2.45) is 0 Å². The molecule has 0 aliphatic carbocycles. The summed E-state index contributed by atoms with van der Waals surface area (Å²) in [4.78, 5) is 4.83. The lowest BCUT2D eigenvalue weighted by atomic mass is 10.5. The molecule has 0 aliphatic heterocycles. The smallest absolute Gasteiger partial charge is 0.230 e. The summed E-state index contributed by atoms with van der Waals surface area (Å²) in [6.45, 7) is 0. The summed E-state index contributed by atoms with van der Waals surface area (Å²) in [7, 11) is 0. The first-order chi connectivity index (χ1) is 5.41. The molecular formula is C5HF5N2. The van der Waals surface area contributed by atoms with Crippen molar-refractivity contribution in [3.05, 3.63) is 23.8 Å². The molecule has 0 aliphatic rings. The topological polar surface area (TPSA) is 25.8 Å². The number of aromatic nitrogens is 2. The lowest BCUT2D eigenvalue weighted by molar-refractivity contribution is -0.145. The maximum Gasteiger partial charge on any atom is 0.451 e. The van der Waals surface area contributed by atoms with Gasteiger partial charge in [0.15, 0.2) is 5.82 Å². The van der Waals surface area contributed by atoms with E-state index in [1.165, 1.54) is 0 Å². The Labute approximate surface area is 63.1 Å². The zero-order valence-electron chi connectivity index (χ0n) is 5.36.